The summed E-state index contributed by atoms with van der Waals surface area (Å²) in [5.41, 5.74) is 2.25. The lowest BCUT2D eigenvalue weighted by molar-refractivity contribution is 0.232. The van der Waals surface area contributed by atoms with Crippen molar-refractivity contribution in [3.05, 3.63) is 29.6 Å². The summed E-state index contributed by atoms with van der Waals surface area (Å²) in [6.07, 6.45) is 1.19. The monoisotopic (exact) mass is 293 g/mol. The normalized spacial score (nSPS) is 18.7. The van der Waals surface area contributed by atoms with Crippen LogP contribution in [0.2, 0.25) is 0 Å². The van der Waals surface area contributed by atoms with Crippen LogP contribution in [0.3, 0.4) is 0 Å². The van der Waals surface area contributed by atoms with E-state index in [1.807, 2.05) is 6.07 Å². The van der Waals surface area contributed by atoms with Gasteiger partial charge in [-0.1, -0.05) is 20.8 Å². The van der Waals surface area contributed by atoms with Crippen LogP contribution in [0.25, 0.3) is 0 Å². The Morgan fingerprint density at radius 2 is 2.05 bits per heavy atom. The molecule has 118 valence electrons. The van der Waals surface area contributed by atoms with Crippen molar-refractivity contribution in [1.82, 2.24) is 10.2 Å². The van der Waals surface area contributed by atoms with E-state index in [-0.39, 0.29) is 5.82 Å². The lowest BCUT2D eigenvalue weighted by Gasteiger charge is -2.27. The van der Waals surface area contributed by atoms with E-state index in [4.69, 9.17) is 0 Å². The molecule has 4 heteroatoms. The molecule has 0 saturated carbocycles. The van der Waals surface area contributed by atoms with Gasteiger partial charge in [-0.15, -0.1) is 0 Å². The first kappa shape index (κ1) is 16.2. The van der Waals surface area contributed by atoms with E-state index < -0.39 is 0 Å². The molecule has 0 radical (unpaired) electrons. The summed E-state index contributed by atoms with van der Waals surface area (Å²) in [5.74, 6) is -0.147. The Morgan fingerprint density at radius 1 is 1.29 bits per heavy atom. The molecule has 1 aromatic carbocycles. The Bertz CT molecular complexity index is 446. The molecule has 0 aromatic heterocycles. The quantitative estimate of drug-likeness (QED) is 0.834. The maximum absolute atomic E-state index is 13.5. The first-order chi connectivity index (χ1) is 10.2. The number of nitrogens with zero attached hydrogens (tertiary/aromatic N) is 2. The van der Waals surface area contributed by atoms with Gasteiger partial charge in [-0.25, -0.2) is 4.39 Å². The van der Waals surface area contributed by atoms with E-state index in [0.717, 1.165) is 44.8 Å². The Labute approximate surface area is 128 Å². The average molecular weight is 293 g/mol. The molecule has 1 atom stereocenters. The average Bonchev–Trinajstić information content (AvgIpc) is 2.96. The van der Waals surface area contributed by atoms with Gasteiger partial charge in [0.25, 0.3) is 0 Å². The van der Waals surface area contributed by atoms with Crippen LogP contribution in [0.15, 0.2) is 18.2 Å². The molecule has 21 heavy (non-hydrogen) atoms. The Morgan fingerprint density at radius 3 is 2.71 bits per heavy atom. The second-order valence-electron chi connectivity index (χ2n) is 5.66. The molecule has 1 saturated heterocycles. The Balaban J connectivity index is 2.11. The topological polar surface area (TPSA) is 18.5 Å². The zero-order valence-electron chi connectivity index (χ0n) is 13.5. The minimum atomic E-state index is -0.147. The predicted octanol–water partition coefficient (Wildman–Crippen LogP) is 2.86. The second kappa shape index (κ2) is 7.76. The predicted molar refractivity (Wildman–Crippen MR) is 87.3 cm³/mol. The van der Waals surface area contributed by atoms with Gasteiger partial charge in [0.2, 0.25) is 0 Å². The number of benzene rings is 1. The van der Waals surface area contributed by atoms with Gasteiger partial charge in [-0.2, -0.15) is 0 Å². The van der Waals surface area contributed by atoms with Crippen molar-refractivity contribution in [3.8, 4) is 0 Å². The molecule has 1 aromatic rings. The highest BCUT2D eigenvalue weighted by Gasteiger charge is 2.27. The summed E-state index contributed by atoms with van der Waals surface area (Å²) < 4.78 is 13.5. The third-order valence-corrected chi connectivity index (χ3v) is 4.44. The van der Waals surface area contributed by atoms with Crippen molar-refractivity contribution in [3.63, 3.8) is 0 Å². The Hall–Kier alpha value is -1.13. The molecule has 2 rings (SSSR count). The number of likely N-dealkylation sites (N-methyl/N-ethyl adjacent to an activating group) is 1. The van der Waals surface area contributed by atoms with Crippen LogP contribution in [0.5, 0.6) is 0 Å². The lowest BCUT2D eigenvalue weighted by atomic mass is 10.1. The molecular formula is C17H28FN3. The molecule has 1 N–H and O–H groups in total. The van der Waals surface area contributed by atoms with Crippen LogP contribution >= 0.6 is 0 Å². The van der Waals surface area contributed by atoms with Crippen molar-refractivity contribution in [2.75, 3.05) is 37.6 Å². The fourth-order valence-electron chi connectivity index (χ4n) is 3.26. The van der Waals surface area contributed by atoms with Gasteiger partial charge < -0.3 is 10.2 Å². The smallest absolute Gasteiger partial charge is 0.123 e. The molecule has 1 fully saturated rings. The number of hydrogen-bond donors (Lipinski definition) is 1. The molecule has 1 aliphatic rings. The van der Waals surface area contributed by atoms with Crippen LogP contribution in [0.4, 0.5) is 10.1 Å². The second-order valence-corrected chi connectivity index (χ2v) is 5.66. The van der Waals surface area contributed by atoms with E-state index in [1.54, 1.807) is 12.1 Å². The molecule has 1 aliphatic heterocycles. The highest BCUT2D eigenvalue weighted by atomic mass is 19.1. The number of nitrogens with one attached hydrogen (secondary N) is 1. The highest BCUT2D eigenvalue weighted by molar-refractivity contribution is 5.55. The zero-order chi connectivity index (χ0) is 15.2. The highest BCUT2D eigenvalue weighted by Crippen LogP contribution is 2.27. The van der Waals surface area contributed by atoms with Gasteiger partial charge in [0.15, 0.2) is 0 Å². The molecule has 0 spiro atoms. The molecule has 0 amide bonds. The maximum atomic E-state index is 13.5. The minimum Gasteiger partial charge on any atom is -0.370 e. The molecule has 0 aliphatic carbocycles. The summed E-state index contributed by atoms with van der Waals surface area (Å²) in [4.78, 5) is 4.93. The summed E-state index contributed by atoms with van der Waals surface area (Å²) >= 11 is 0. The van der Waals surface area contributed by atoms with Crippen molar-refractivity contribution in [2.45, 2.75) is 39.8 Å². The standard InChI is InChI=1S/C17H28FN3/c1-4-19-12-14-11-15(18)7-8-17(14)21-10-9-16(13-21)20(5-2)6-3/h7-8,11,16,19H,4-6,9-10,12-13H2,1-3H3. The van der Waals surface area contributed by atoms with Gasteiger partial charge in [0, 0.05) is 31.4 Å². The van der Waals surface area contributed by atoms with Gasteiger partial charge in [-0.3, -0.25) is 4.90 Å². The fourth-order valence-corrected chi connectivity index (χ4v) is 3.26. The van der Waals surface area contributed by atoms with Crippen molar-refractivity contribution >= 4 is 5.69 Å². The van der Waals surface area contributed by atoms with E-state index in [2.05, 4.69) is 35.9 Å². The van der Waals surface area contributed by atoms with Gasteiger partial charge in [-0.05, 0) is 49.8 Å². The van der Waals surface area contributed by atoms with E-state index in [9.17, 15) is 4.39 Å². The third kappa shape index (κ3) is 3.95. The molecular weight excluding hydrogens is 265 g/mol. The minimum absolute atomic E-state index is 0.147. The van der Waals surface area contributed by atoms with Crippen LogP contribution in [-0.2, 0) is 6.54 Å². The molecule has 1 unspecified atom stereocenters. The molecule has 0 bridgehead atoms. The van der Waals surface area contributed by atoms with Crippen LogP contribution < -0.4 is 10.2 Å². The number of rotatable bonds is 7. The largest absolute Gasteiger partial charge is 0.370 e. The molecule has 3 nitrogen and oxygen atoms in total. The van der Waals surface area contributed by atoms with E-state index in [1.165, 1.54) is 12.1 Å². The molecule has 1 heterocycles. The number of anilines is 1. The summed E-state index contributed by atoms with van der Waals surface area (Å²) in [6, 6.07) is 5.81. The lowest BCUT2D eigenvalue weighted by Crippen LogP contribution is -2.37. The first-order valence-electron chi connectivity index (χ1n) is 8.17. The first-order valence-corrected chi connectivity index (χ1v) is 8.17. The van der Waals surface area contributed by atoms with Gasteiger partial charge in [0.1, 0.15) is 5.82 Å². The number of halogens is 1. The number of hydrogen-bond acceptors (Lipinski definition) is 3. The van der Waals surface area contributed by atoms with Crippen LogP contribution in [0.1, 0.15) is 32.8 Å². The zero-order valence-corrected chi connectivity index (χ0v) is 13.5. The fraction of sp³-hybridized carbons (Fsp3) is 0.647. The van der Waals surface area contributed by atoms with Crippen molar-refractivity contribution in [1.29, 1.82) is 0 Å². The van der Waals surface area contributed by atoms with E-state index >= 15 is 0 Å². The maximum Gasteiger partial charge on any atom is 0.123 e. The van der Waals surface area contributed by atoms with Crippen LogP contribution in [0, 0.1) is 5.82 Å². The van der Waals surface area contributed by atoms with Gasteiger partial charge in [0.05, 0.1) is 0 Å². The summed E-state index contributed by atoms with van der Waals surface area (Å²) in [6.45, 7) is 12.5. The summed E-state index contributed by atoms with van der Waals surface area (Å²) in [7, 11) is 0. The Kier molecular flexibility index (Phi) is 6.00. The summed E-state index contributed by atoms with van der Waals surface area (Å²) in [5, 5.41) is 3.31. The third-order valence-electron chi connectivity index (χ3n) is 4.44. The van der Waals surface area contributed by atoms with Crippen molar-refractivity contribution < 1.29 is 4.39 Å². The van der Waals surface area contributed by atoms with Gasteiger partial charge >= 0.3 is 0 Å². The van der Waals surface area contributed by atoms with Crippen molar-refractivity contribution in [2.24, 2.45) is 0 Å². The van der Waals surface area contributed by atoms with Crippen LogP contribution in [-0.4, -0.2) is 43.7 Å². The SMILES string of the molecule is CCNCc1cc(F)ccc1N1CCC(N(CC)CC)C1. The van der Waals surface area contributed by atoms with E-state index in [0.29, 0.717) is 6.04 Å².